The van der Waals surface area contributed by atoms with E-state index in [-0.39, 0.29) is 16.6 Å². The molecule has 0 bridgehead atoms. The number of anilines is 1. The first-order chi connectivity index (χ1) is 12.7. The van der Waals surface area contributed by atoms with Crippen molar-refractivity contribution in [1.82, 2.24) is 9.97 Å². The normalized spacial score (nSPS) is 11.4. The minimum atomic E-state index is -4.55. The number of halogens is 5. The summed E-state index contributed by atoms with van der Waals surface area (Å²) in [6, 6.07) is 7.93. The maximum Gasteiger partial charge on any atom is 0.416 e. The number of carbonyl (C=O) groups is 1. The van der Waals surface area contributed by atoms with Gasteiger partial charge in [0.25, 0.3) is 5.91 Å². The quantitative estimate of drug-likeness (QED) is 0.590. The van der Waals surface area contributed by atoms with E-state index in [2.05, 4.69) is 31.2 Å². The monoisotopic (exact) mass is 459 g/mol. The number of benzene rings is 2. The summed E-state index contributed by atoms with van der Waals surface area (Å²) in [5.74, 6) is -0.510. The van der Waals surface area contributed by atoms with Gasteiger partial charge in [0.05, 0.1) is 27.2 Å². The Labute approximate surface area is 164 Å². The molecule has 10 heteroatoms. The maximum absolute atomic E-state index is 12.8. The predicted octanol–water partition coefficient (Wildman–Crippen LogP) is 5.08. The summed E-state index contributed by atoms with van der Waals surface area (Å²) in [5.41, 5.74) is -0.463. The van der Waals surface area contributed by atoms with Crippen molar-refractivity contribution in [1.29, 1.82) is 0 Å². The number of hydrogen-bond acceptors (Lipinski definition) is 4. The zero-order chi connectivity index (χ0) is 19.6. The van der Waals surface area contributed by atoms with E-state index < -0.39 is 24.3 Å². The van der Waals surface area contributed by atoms with E-state index in [1.54, 1.807) is 18.2 Å². The highest BCUT2D eigenvalue weighted by molar-refractivity contribution is 9.10. The molecule has 27 heavy (non-hydrogen) atoms. The number of fused-ring (bicyclic) bond motifs is 1. The molecule has 0 saturated heterocycles. The van der Waals surface area contributed by atoms with Gasteiger partial charge in [-0.2, -0.15) is 13.2 Å². The molecule has 0 fully saturated rings. The summed E-state index contributed by atoms with van der Waals surface area (Å²) in [4.78, 5) is 20.1. The molecule has 0 aliphatic heterocycles. The van der Waals surface area contributed by atoms with Gasteiger partial charge >= 0.3 is 6.18 Å². The van der Waals surface area contributed by atoms with Gasteiger partial charge < -0.3 is 10.1 Å². The fourth-order valence-electron chi connectivity index (χ4n) is 2.24. The van der Waals surface area contributed by atoms with Gasteiger partial charge in [0, 0.05) is 4.47 Å². The molecule has 5 nitrogen and oxygen atoms in total. The summed E-state index contributed by atoms with van der Waals surface area (Å²) >= 11 is 9.18. The number of rotatable bonds is 4. The van der Waals surface area contributed by atoms with Crippen LogP contribution in [0.5, 0.6) is 5.88 Å². The SMILES string of the molecule is O=C(COc1ncnc2ccc(Br)cc12)Nc1cc(C(F)(F)F)ccc1Cl. The first-order valence-corrected chi connectivity index (χ1v) is 8.61. The maximum atomic E-state index is 12.8. The lowest BCUT2D eigenvalue weighted by atomic mass is 10.2. The second kappa shape index (κ2) is 7.69. The Balaban J connectivity index is 1.73. The minimum absolute atomic E-state index is 0.0206. The molecule has 2 aromatic carbocycles. The average Bonchev–Trinajstić information content (AvgIpc) is 2.61. The Kier molecular flexibility index (Phi) is 5.52. The molecule has 1 heterocycles. The third kappa shape index (κ3) is 4.67. The van der Waals surface area contributed by atoms with Crippen molar-refractivity contribution in [2.75, 3.05) is 11.9 Å². The third-order valence-corrected chi connectivity index (χ3v) is 4.29. The Hall–Kier alpha value is -2.39. The highest BCUT2D eigenvalue weighted by Crippen LogP contribution is 2.33. The number of amides is 1. The molecule has 140 valence electrons. The van der Waals surface area contributed by atoms with Crippen LogP contribution in [0.3, 0.4) is 0 Å². The van der Waals surface area contributed by atoms with Gasteiger partial charge in [0.15, 0.2) is 6.61 Å². The van der Waals surface area contributed by atoms with Crippen LogP contribution in [0.25, 0.3) is 10.9 Å². The molecule has 0 atom stereocenters. The summed E-state index contributed by atoms with van der Waals surface area (Å²) in [5, 5.41) is 2.86. The van der Waals surface area contributed by atoms with Gasteiger partial charge in [-0.05, 0) is 36.4 Å². The van der Waals surface area contributed by atoms with Gasteiger partial charge in [-0.15, -0.1) is 0 Å². The number of ether oxygens (including phenoxy) is 1. The van der Waals surface area contributed by atoms with Crippen molar-refractivity contribution in [2.24, 2.45) is 0 Å². The van der Waals surface area contributed by atoms with Gasteiger partial charge in [0.2, 0.25) is 5.88 Å². The molecule has 1 aromatic heterocycles. The summed E-state index contributed by atoms with van der Waals surface area (Å²) < 4.78 is 44.5. The van der Waals surface area contributed by atoms with Crippen molar-refractivity contribution in [3.63, 3.8) is 0 Å². The van der Waals surface area contributed by atoms with E-state index in [1.807, 2.05) is 0 Å². The Morgan fingerprint density at radius 3 is 2.70 bits per heavy atom. The van der Waals surface area contributed by atoms with Crippen LogP contribution in [0.15, 0.2) is 47.2 Å². The molecule has 1 N–H and O–H groups in total. The highest BCUT2D eigenvalue weighted by atomic mass is 79.9. The van der Waals surface area contributed by atoms with Crippen molar-refractivity contribution < 1.29 is 22.7 Å². The largest absolute Gasteiger partial charge is 0.467 e. The number of nitrogens with one attached hydrogen (secondary N) is 1. The summed E-state index contributed by atoms with van der Waals surface area (Å²) in [7, 11) is 0. The van der Waals surface area contributed by atoms with E-state index in [9.17, 15) is 18.0 Å². The van der Waals surface area contributed by atoms with Crippen LogP contribution in [0, 0.1) is 0 Å². The number of aromatic nitrogens is 2. The topological polar surface area (TPSA) is 64.1 Å². The number of carbonyl (C=O) groups excluding carboxylic acids is 1. The fourth-order valence-corrected chi connectivity index (χ4v) is 2.76. The first-order valence-electron chi connectivity index (χ1n) is 7.44. The molecular formula is C17H10BrClF3N3O2. The molecule has 0 saturated carbocycles. The summed E-state index contributed by atoms with van der Waals surface area (Å²) in [6.45, 7) is -0.467. The van der Waals surface area contributed by atoms with Crippen LogP contribution in [-0.4, -0.2) is 22.5 Å². The van der Waals surface area contributed by atoms with Gasteiger partial charge in [-0.25, -0.2) is 9.97 Å². The van der Waals surface area contributed by atoms with E-state index in [4.69, 9.17) is 16.3 Å². The lowest BCUT2D eigenvalue weighted by molar-refractivity contribution is -0.137. The van der Waals surface area contributed by atoms with Gasteiger partial charge in [0.1, 0.15) is 6.33 Å². The van der Waals surface area contributed by atoms with Crippen LogP contribution in [0.1, 0.15) is 5.56 Å². The standard InChI is InChI=1S/C17H10BrClF3N3O2/c18-10-2-4-13-11(6-10)16(24-8-23-13)27-7-15(26)25-14-5-9(17(20,21)22)1-3-12(14)19/h1-6,8H,7H2,(H,25,26). The minimum Gasteiger partial charge on any atom is -0.467 e. The number of nitrogens with zero attached hydrogens (tertiary/aromatic N) is 2. The molecule has 0 aliphatic rings. The highest BCUT2D eigenvalue weighted by Gasteiger charge is 2.31. The van der Waals surface area contributed by atoms with E-state index in [1.165, 1.54) is 6.33 Å². The van der Waals surface area contributed by atoms with Gasteiger partial charge in [-0.1, -0.05) is 27.5 Å². The van der Waals surface area contributed by atoms with E-state index in [0.29, 0.717) is 10.9 Å². The molecule has 3 rings (SSSR count). The average molecular weight is 461 g/mol. The van der Waals surface area contributed by atoms with E-state index in [0.717, 1.165) is 22.7 Å². The van der Waals surface area contributed by atoms with Crippen molar-refractivity contribution >= 4 is 50.0 Å². The van der Waals surface area contributed by atoms with Crippen LogP contribution in [0.2, 0.25) is 5.02 Å². The molecule has 0 radical (unpaired) electrons. The van der Waals surface area contributed by atoms with E-state index >= 15 is 0 Å². The fraction of sp³-hybridized carbons (Fsp3) is 0.118. The molecule has 1 amide bonds. The Bertz CT molecular complexity index is 1010. The van der Waals surface area contributed by atoms with Crippen LogP contribution in [-0.2, 0) is 11.0 Å². The first kappa shape index (κ1) is 19.4. The molecule has 3 aromatic rings. The number of alkyl halides is 3. The smallest absolute Gasteiger partial charge is 0.416 e. The second-order valence-corrected chi connectivity index (χ2v) is 6.69. The Morgan fingerprint density at radius 2 is 1.96 bits per heavy atom. The zero-order valence-corrected chi connectivity index (χ0v) is 15.7. The predicted molar refractivity (Wildman–Crippen MR) is 97.8 cm³/mol. The van der Waals surface area contributed by atoms with Crippen molar-refractivity contribution in [3.05, 3.63) is 57.8 Å². The second-order valence-electron chi connectivity index (χ2n) is 5.37. The number of hydrogen-bond donors (Lipinski definition) is 1. The van der Waals surface area contributed by atoms with Gasteiger partial charge in [-0.3, -0.25) is 4.79 Å². The van der Waals surface area contributed by atoms with Crippen molar-refractivity contribution in [2.45, 2.75) is 6.18 Å². The lowest BCUT2D eigenvalue weighted by Gasteiger charge is -2.12. The molecule has 0 spiro atoms. The summed E-state index contributed by atoms with van der Waals surface area (Å²) in [6.07, 6.45) is -3.26. The van der Waals surface area contributed by atoms with Crippen LogP contribution >= 0.6 is 27.5 Å². The molecular weight excluding hydrogens is 451 g/mol. The molecule has 0 unspecified atom stereocenters. The zero-order valence-electron chi connectivity index (χ0n) is 13.3. The lowest BCUT2D eigenvalue weighted by Crippen LogP contribution is -2.21. The molecule has 0 aliphatic carbocycles. The van der Waals surface area contributed by atoms with Crippen molar-refractivity contribution in [3.8, 4) is 5.88 Å². The van der Waals surface area contributed by atoms with Crippen LogP contribution in [0.4, 0.5) is 18.9 Å². The Morgan fingerprint density at radius 1 is 1.19 bits per heavy atom. The van der Waals surface area contributed by atoms with Crippen LogP contribution < -0.4 is 10.1 Å². The third-order valence-electron chi connectivity index (χ3n) is 3.47.